The zero-order valence-corrected chi connectivity index (χ0v) is 11.1. The molecular formula is C20H14. The second-order valence-corrected chi connectivity index (χ2v) is 5.19. The molecule has 1 atom stereocenters. The number of benzene rings is 3. The van der Waals surface area contributed by atoms with Gasteiger partial charge < -0.3 is 0 Å². The van der Waals surface area contributed by atoms with E-state index < -0.39 is 0 Å². The Hall–Kier alpha value is -2.34. The van der Waals surface area contributed by atoms with Gasteiger partial charge in [-0.25, -0.2) is 0 Å². The molecule has 2 radical (unpaired) electrons. The van der Waals surface area contributed by atoms with E-state index in [2.05, 4.69) is 72.8 Å². The molecule has 1 aliphatic rings. The highest BCUT2D eigenvalue weighted by molar-refractivity contribution is 5.86. The van der Waals surface area contributed by atoms with Crippen LogP contribution in [0.15, 0.2) is 66.7 Å². The van der Waals surface area contributed by atoms with Crippen LogP contribution in [0.5, 0.6) is 0 Å². The summed E-state index contributed by atoms with van der Waals surface area (Å²) >= 11 is 0. The Morgan fingerprint density at radius 3 is 2.75 bits per heavy atom. The van der Waals surface area contributed by atoms with Crippen molar-refractivity contribution in [1.29, 1.82) is 0 Å². The third-order valence-corrected chi connectivity index (χ3v) is 4.01. The van der Waals surface area contributed by atoms with E-state index in [1.165, 1.54) is 27.5 Å². The molecule has 0 N–H and O–H groups in total. The minimum atomic E-state index is 0.200. The molecule has 94 valence electrons. The summed E-state index contributed by atoms with van der Waals surface area (Å²) in [5, 5.41) is 2.55. The van der Waals surface area contributed by atoms with E-state index in [0.717, 1.165) is 6.42 Å². The Balaban J connectivity index is 1.96. The van der Waals surface area contributed by atoms with Crippen LogP contribution in [0.4, 0.5) is 0 Å². The van der Waals surface area contributed by atoms with Gasteiger partial charge >= 0.3 is 0 Å². The molecule has 0 fully saturated rings. The summed E-state index contributed by atoms with van der Waals surface area (Å²) in [4.78, 5) is 0. The Bertz CT molecular complexity index is 791. The van der Waals surface area contributed by atoms with Gasteiger partial charge in [0.2, 0.25) is 0 Å². The third-order valence-electron chi connectivity index (χ3n) is 4.01. The average molecular weight is 254 g/mol. The van der Waals surface area contributed by atoms with Crippen molar-refractivity contribution in [1.82, 2.24) is 0 Å². The molecule has 20 heavy (non-hydrogen) atoms. The zero-order chi connectivity index (χ0) is 13.4. The molecule has 0 spiro atoms. The van der Waals surface area contributed by atoms with Crippen molar-refractivity contribution in [3.05, 3.63) is 95.6 Å². The topological polar surface area (TPSA) is 0 Å². The van der Waals surface area contributed by atoms with Crippen LogP contribution in [0.1, 0.15) is 22.6 Å². The first-order chi connectivity index (χ1) is 9.93. The fourth-order valence-electron chi connectivity index (χ4n) is 3.04. The summed E-state index contributed by atoms with van der Waals surface area (Å²) in [5.41, 5.74) is 3.99. The van der Waals surface area contributed by atoms with Crippen LogP contribution in [0.3, 0.4) is 0 Å². The average Bonchev–Trinajstić information content (AvgIpc) is 2.54. The molecule has 3 aromatic rings. The smallest absolute Gasteiger partial charge is 0.0355 e. The van der Waals surface area contributed by atoms with E-state index in [1.807, 2.05) is 6.07 Å². The van der Waals surface area contributed by atoms with Crippen molar-refractivity contribution >= 4 is 10.8 Å². The molecule has 0 saturated carbocycles. The Morgan fingerprint density at radius 2 is 1.75 bits per heavy atom. The maximum Gasteiger partial charge on any atom is 0.0355 e. The SMILES string of the molecule is [C]1=CCc2ccccc2[C@@H]1c1[c]ccc2ccccc12. The maximum atomic E-state index is 3.53. The summed E-state index contributed by atoms with van der Waals surface area (Å²) in [6.07, 6.45) is 6.67. The maximum absolute atomic E-state index is 3.53. The predicted molar refractivity (Wildman–Crippen MR) is 82.6 cm³/mol. The van der Waals surface area contributed by atoms with Gasteiger partial charge in [0.25, 0.3) is 0 Å². The Labute approximate surface area is 119 Å². The number of rotatable bonds is 1. The minimum absolute atomic E-state index is 0.200. The van der Waals surface area contributed by atoms with E-state index in [0.29, 0.717) is 0 Å². The lowest BCUT2D eigenvalue weighted by Gasteiger charge is -2.22. The molecule has 4 rings (SSSR count). The van der Waals surface area contributed by atoms with Gasteiger partial charge in [-0.1, -0.05) is 66.7 Å². The predicted octanol–water partition coefficient (Wildman–Crippen LogP) is 4.69. The highest BCUT2D eigenvalue weighted by Crippen LogP contribution is 2.35. The first-order valence-corrected chi connectivity index (χ1v) is 6.98. The van der Waals surface area contributed by atoms with Crippen molar-refractivity contribution in [2.75, 3.05) is 0 Å². The van der Waals surface area contributed by atoms with Gasteiger partial charge in [0.15, 0.2) is 0 Å². The lowest BCUT2D eigenvalue weighted by Crippen LogP contribution is -2.07. The molecule has 0 unspecified atom stereocenters. The summed E-state index contributed by atoms with van der Waals surface area (Å²) < 4.78 is 0. The molecule has 0 heterocycles. The second-order valence-electron chi connectivity index (χ2n) is 5.19. The molecule has 0 saturated heterocycles. The molecule has 1 aliphatic carbocycles. The zero-order valence-electron chi connectivity index (χ0n) is 11.1. The van der Waals surface area contributed by atoms with Gasteiger partial charge in [0.05, 0.1) is 0 Å². The molecule has 0 heteroatoms. The fraction of sp³-hybridized carbons (Fsp3) is 0.100. The number of hydrogen-bond donors (Lipinski definition) is 0. The van der Waals surface area contributed by atoms with Crippen LogP contribution < -0.4 is 0 Å². The van der Waals surface area contributed by atoms with Gasteiger partial charge in [-0.05, 0) is 46.0 Å². The molecule has 0 aliphatic heterocycles. The quantitative estimate of drug-likeness (QED) is 0.591. The second kappa shape index (κ2) is 4.64. The van der Waals surface area contributed by atoms with E-state index in [1.54, 1.807) is 0 Å². The van der Waals surface area contributed by atoms with Crippen molar-refractivity contribution in [3.63, 3.8) is 0 Å². The number of hydrogen-bond acceptors (Lipinski definition) is 0. The molecule has 0 bridgehead atoms. The Kier molecular flexibility index (Phi) is 2.67. The van der Waals surface area contributed by atoms with Crippen LogP contribution >= 0.6 is 0 Å². The van der Waals surface area contributed by atoms with E-state index in [-0.39, 0.29) is 5.92 Å². The van der Waals surface area contributed by atoms with Crippen LogP contribution in [0.25, 0.3) is 10.8 Å². The van der Waals surface area contributed by atoms with Gasteiger partial charge in [-0.15, -0.1) is 0 Å². The van der Waals surface area contributed by atoms with E-state index >= 15 is 0 Å². The summed E-state index contributed by atoms with van der Waals surface area (Å²) in [5.74, 6) is 0.200. The fourth-order valence-corrected chi connectivity index (χ4v) is 3.04. The van der Waals surface area contributed by atoms with Crippen LogP contribution in [-0.4, -0.2) is 0 Å². The highest BCUT2D eigenvalue weighted by atomic mass is 14.2. The standard InChI is InChI=1S/C20H14/c1-3-11-17-15(7-1)9-5-13-19(17)20-14-6-10-16-8-2-4-12-18(16)20/h1-9,11-12,20H,10H2/t20-/m1/s1. The van der Waals surface area contributed by atoms with Gasteiger partial charge in [0, 0.05) is 5.92 Å². The van der Waals surface area contributed by atoms with Crippen molar-refractivity contribution in [2.45, 2.75) is 12.3 Å². The normalized spacial score (nSPS) is 17.1. The third kappa shape index (κ3) is 1.77. The van der Waals surface area contributed by atoms with Gasteiger partial charge in [0.1, 0.15) is 0 Å². The van der Waals surface area contributed by atoms with Crippen molar-refractivity contribution in [3.8, 4) is 0 Å². The molecule has 0 aromatic heterocycles. The lowest BCUT2D eigenvalue weighted by atomic mass is 9.81. The lowest BCUT2D eigenvalue weighted by molar-refractivity contribution is 0.934. The highest BCUT2D eigenvalue weighted by Gasteiger charge is 2.19. The molecule has 0 amide bonds. The monoisotopic (exact) mass is 254 g/mol. The summed E-state index contributed by atoms with van der Waals surface area (Å²) in [6, 6.07) is 24.8. The van der Waals surface area contributed by atoms with Gasteiger partial charge in [-0.3, -0.25) is 0 Å². The summed E-state index contributed by atoms with van der Waals surface area (Å²) in [6.45, 7) is 0. The molecule has 0 nitrogen and oxygen atoms in total. The molecular weight excluding hydrogens is 240 g/mol. The molecule has 3 aromatic carbocycles. The van der Waals surface area contributed by atoms with E-state index in [4.69, 9.17) is 0 Å². The van der Waals surface area contributed by atoms with Gasteiger partial charge in [-0.2, -0.15) is 0 Å². The van der Waals surface area contributed by atoms with E-state index in [9.17, 15) is 0 Å². The minimum Gasteiger partial charge on any atom is -0.0756 e. The Morgan fingerprint density at radius 1 is 0.900 bits per heavy atom. The summed E-state index contributed by atoms with van der Waals surface area (Å²) in [7, 11) is 0. The number of fused-ring (bicyclic) bond motifs is 2. The van der Waals surface area contributed by atoms with Crippen LogP contribution in [0.2, 0.25) is 0 Å². The first kappa shape index (κ1) is 11.5. The first-order valence-electron chi connectivity index (χ1n) is 6.98. The number of allylic oxidation sites excluding steroid dienone is 2. The van der Waals surface area contributed by atoms with Crippen molar-refractivity contribution < 1.29 is 0 Å². The largest absolute Gasteiger partial charge is 0.0756 e. The van der Waals surface area contributed by atoms with Crippen molar-refractivity contribution in [2.24, 2.45) is 0 Å². The van der Waals surface area contributed by atoms with Crippen LogP contribution in [0, 0.1) is 12.1 Å². The van der Waals surface area contributed by atoms with Crippen LogP contribution in [-0.2, 0) is 6.42 Å².